The summed E-state index contributed by atoms with van der Waals surface area (Å²) in [5.74, 6) is 1.18. The number of carbonyl (C=O) groups excluding carboxylic acids is 1. The summed E-state index contributed by atoms with van der Waals surface area (Å²) >= 11 is 1.37. The molecular formula is C20H22N4O3S. The number of rotatable bonds is 3. The van der Waals surface area contributed by atoms with Gasteiger partial charge in [0.2, 0.25) is 0 Å². The zero-order valence-corrected chi connectivity index (χ0v) is 16.9. The highest BCUT2D eigenvalue weighted by molar-refractivity contribution is 7.14. The third-order valence-electron chi connectivity index (χ3n) is 4.39. The number of aromatic amines is 1. The summed E-state index contributed by atoms with van der Waals surface area (Å²) in [5, 5.41) is 12.3. The van der Waals surface area contributed by atoms with E-state index >= 15 is 0 Å². The van der Waals surface area contributed by atoms with Crippen LogP contribution in [-0.4, -0.2) is 34.3 Å². The quantitative estimate of drug-likeness (QED) is 0.689. The Morgan fingerprint density at radius 1 is 1.18 bits per heavy atom. The van der Waals surface area contributed by atoms with Crippen molar-refractivity contribution in [2.24, 2.45) is 0 Å². The second-order valence-electron chi connectivity index (χ2n) is 7.62. The first-order chi connectivity index (χ1) is 13.4. The molecule has 2 N–H and O–H groups in total. The van der Waals surface area contributed by atoms with Gasteiger partial charge < -0.3 is 9.47 Å². The zero-order chi connectivity index (χ0) is 19.7. The number of aromatic nitrogens is 3. The molecule has 0 spiro atoms. The lowest BCUT2D eigenvalue weighted by atomic mass is 9.92. The third-order valence-corrected chi connectivity index (χ3v) is 5.14. The lowest BCUT2D eigenvalue weighted by molar-refractivity contribution is 0.102. The fourth-order valence-electron chi connectivity index (χ4n) is 2.77. The maximum absolute atomic E-state index is 12.5. The number of anilines is 1. The number of ether oxygens (including phenoxy) is 2. The molecule has 4 rings (SSSR count). The van der Waals surface area contributed by atoms with Crippen molar-refractivity contribution in [3.63, 3.8) is 0 Å². The van der Waals surface area contributed by atoms with E-state index in [4.69, 9.17) is 9.47 Å². The van der Waals surface area contributed by atoms with Crippen molar-refractivity contribution in [3.05, 3.63) is 41.0 Å². The zero-order valence-electron chi connectivity index (χ0n) is 16.0. The highest BCUT2D eigenvalue weighted by atomic mass is 32.1. The molecule has 0 radical (unpaired) electrons. The van der Waals surface area contributed by atoms with Crippen LogP contribution in [-0.2, 0) is 5.41 Å². The van der Waals surface area contributed by atoms with Gasteiger partial charge in [0.15, 0.2) is 22.3 Å². The molecule has 0 saturated carbocycles. The first kappa shape index (κ1) is 18.5. The SMILES string of the molecule is CC(C)(C)c1cc(C(=O)Nc2nc(-c3ccc4c(c3)OCCCO4)cs2)n[nH]1. The summed E-state index contributed by atoms with van der Waals surface area (Å²) < 4.78 is 11.4. The van der Waals surface area contributed by atoms with Gasteiger partial charge in [-0.15, -0.1) is 11.3 Å². The van der Waals surface area contributed by atoms with Gasteiger partial charge >= 0.3 is 0 Å². The average Bonchev–Trinajstić information content (AvgIpc) is 3.26. The van der Waals surface area contributed by atoms with Gasteiger partial charge in [-0.1, -0.05) is 20.8 Å². The van der Waals surface area contributed by atoms with Gasteiger partial charge in [0.1, 0.15) is 0 Å². The number of carbonyl (C=O) groups is 1. The monoisotopic (exact) mass is 398 g/mol. The van der Waals surface area contributed by atoms with Gasteiger partial charge in [-0.3, -0.25) is 15.2 Å². The number of H-pyrrole nitrogens is 1. The molecule has 7 nitrogen and oxygen atoms in total. The van der Waals surface area contributed by atoms with Crippen molar-refractivity contribution in [2.75, 3.05) is 18.5 Å². The molecule has 8 heteroatoms. The molecule has 1 amide bonds. The predicted molar refractivity (Wildman–Crippen MR) is 108 cm³/mol. The normalized spacial score (nSPS) is 13.8. The molecule has 0 aliphatic carbocycles. The van der Waals surface area contributed by atoms with Crippen molar-refractivity contribution in [1.82, 2.24) is 15.2 Å². The molecular weight excluding hydrogens is 376 g/mol. The van der Waals surface area contributed by atoms with Crippen LogP contribution in [0.3, 0.4) is 0 Å². The molecule has 1 aliphatic heterocycles. The molecule has 3 heterocycles. The largest absolute Gasteiger partial charge is 0.490 e. The van der Waals surface area contributed by atoms with Crippen LogP contribution in [0, 0.1) is 0 Å². The Bertz CT molecular complexity index is 1000. The van der Waals surface area contributed by atoms with E-state index in [2.05, 4.69) is 41.3 Å². The Labute approximate surface area is 167 Å². The number of thiazole rings is 1. The first-order valence-electron chi connectivity index (χ1n) is 9.13. The minimum atomic E-state index is -0.286. The molecule has 146 valence electrons. The average molecular weight is 398 g/mol. The van der Waals surface area contributed by atoms with E-state index in [1.165, 1.54) is 11.3 Å². The maximum atomic E-state index is 12.5. The molecule has 0 saturated heterocycles. The van der Waals surface area contributed by atoms with Crippen LogP contribution in [0.15, 0.2) is 29.6 Å². The Morgan fingerprint density at radius 3 is 2.71 bits per heavy atom. The molecule has 0 fully saturated rings. The molecule has 0 bridgehead atoms. The number of hydrogen-bond donors (Lipinski definition) is 2. The van der Waals surface area contributed by atoms with E-state index in [-0.39, 0.29) is 11.3 Å². The van der Waals surface area contributed by atoms with Crippen LogP contribution in [0.2, 0.25) is 0 Å². The third kappa shape index (κ3) is 3.87. The topological polar surface area (TPSA) is 89.1 Å². The fourth-order valence-corrected chi connectivity index (χ4v) is 3.48. The van der Waals surface area contributed by atoms with Gasteiger partial charge in [-0.05, 0) is 24.3 Å². The van der Waals surface area contributed by atoms with Gasteiger partial charge in [-0.25, -0.2) is 4.98 Å². The number of amides is 1. The molecule has 1 aromatic carbocycles. The first-order valence-corrected chi connectivity index (χ1v) is 10.0. The van der Waals surface area contributed by atoms with Crippen LogP contribution >= 0.6 is 11.3 Å². The number of hydrogen-bond acceptors (Lipinski definition) is 6. The second kappa shape index (κ2) is 7.27. The van der Waals surface area contributed by atoms with E-state index in [0.29, 0.717) is 24.0 Å². The summed E-state index contributed by atoms with van der Waals surface area (Å²) in [6.07, 6.45) is 0.862. The van der Waals surface area contributed by atoms with Crippen LogP contribution in [0.1, 0.15) is 43.4 Å². The lowest BCUT2D eigenvalue weighted by Crippen LogP contribution is -2.13. The summed E-state index contributed by atoms with van der Waals surface area (Å²) in [4.78, 5) is 17.0. The van der Waals surface area contributed by atoms with Crippen molar-refractivity contribution in [1.29, 1.82) is 0 Å². The molecule has 0 atom stereocenters. The van der Waals surface area contributed by atoms with Gasteiger partial charge in [0.05, 0.1) is 18.9 Å². The van der Waals surface area contributed by atoms with Crippen LogP contribution in [0.25, 0.3) is 11.3 Å². The summed E-state index contributed by atoms with van der Waals surface area (Å²) in [6, 6.07) is 7.53. The molecule has 1 aliphatic rings. The highest BCUT2D eigenvalue weighted by Crippen LogP contribution is 2.35. The summed E-state index contributed by atoms with van der Waals surface area (Å²) in [7, 11) is 0. The van der Waals surface area contributed by atoms with E-state index in [1.54, 1.807) is 6.07 Å². The number of benzene rings is 1. The molecule has 28 heavy (non-hydrogen) atoms. The van der Waals surface area contributed by atoms with Crippen molar-refractivity contribution < 1.29 is 14.3 Å². The Kier molecular flexibility index (Phi) is 4.80. The van der Waals surface area contributed by atoms with Gasteiger partial charge in [-0.2, -0.15) is 5.10 Å². The van der Waals surface area contributed by atoms with E-state index in [0.717, 1.165) is 34.9 Å². The van der Waals surface area contributed by atoms with Crippen molar-refractivity contribution >= 4 is 22.4 Å². The maximum Gasteiger partial charge on any atom is 0.277 e. The van der Waals surface area contributed by atoms with Gasteiger partial charge in [0.25, 0.3) is 5.91 Å². The Hall–Kier alpha value is -2.87. The molecule has 2 aromatic heterocycles. The van der Waals surface area contributed by atoms with E-state index < -0.39 is 0 Å². The van der Waals surface area contributed by atoms with E-state index in [9.17, 15) is 4.79 Å². The molecule has 0 unspecified atom stereocenters. The molecule has 3 aromatic rings. The summed E-state index contributed by atoms with van der Waals surface area (Å²) in [6.45, 7) is 7.47. The lowest BCUT2D eigenvalue weighted by Gasteiger charge is -2.14. The van der Waals surface area contributed by atoms with Crippen molar-refractivity contribution in [2.45, 2.75) is 32.6 Å². The number of fused-ring (bicyclic) bond motifs is 1. The number of nitrogens with zero attached hydrogens (tertiary/aromatic N) is 2. The fraction of sp³-hybridized carbons (Fsp3) is 0.350. The van der Waals surface area contributed by atoms with Crippen LogP contribution < -0.4 is 14.8 Å². The van der Waals surface area contributed by atoms with Crippen LogP contribution in [0.5, 0.6) is 11.5 Å². The minimum Gasteiger partial charge on any atom is -0.490 e. The van der Waals surface area contributed by atoms with Gasteiger partial charge in [0, 0.05) is 28.5 Å². The minimum absolute atomic E-state index is 0.100. The predicted octanol–water partition coefficient (Wildman–Crippen LogP) is 4.24. The second-order valence-corrected chi connectivity index (χ2v) is 8.48. The Morgan fingerprint density at radius 2 is 1.96 bits per heavy atom. The number of nitrogens with one attached hydrogen (secondary N) is 2. The Balaban J connectivity index is 1.49. The van der Waals surface area contributed by atoms with Crippen LogP contribution in [0.4, 0.5) is 5.13 Å². The smallest absolute Gasteiger partial charge is 0.277 e. The van der Waals surface area contributed by atoms with E-state index in [1.807, 2.05) is 23.6 Å². The van der Waals surface area contributed by atoms with Crippen molar-refractivity contribution in [3.8, 4) is 22.8 Å². The standard InChI is InChI=1S/C20H22N4O3S/c1-20(2,3)17-10-13(23-24-17)18(25)22-19-21-14(11-28-19)12-5-6-15-16(9-12)27-8-4-7-26-15/h5-6,9-11H,4,7-8H2,1-3H3,(H,23,24)(H,21,22,25). The highest BCUT2D eigenvalue weighted by Gasteiger charge is 2.20. The summed E-state index contributed by atoms with van der Waals surface area (Å²) in [5.41, 5.74) is 2.84.